The van der Waals surface area contributed by atoms with Crippen molar-refractivity contribution in [1.82, 2.24) is 14.0 Å². The Hall–Kier alpha value is -3.11. The molecule has 0 radical (unpaired) electrons. The molecule has 2 aromatic heterocycles. The standard InChI is InChI=1S/C26H27N3O/c1-27-14-13-23-22-11-10-21(17-24(22)28(2)25(23)18-27)29-15-12-20(16-26(29)30)9-8-19-6-4-3-5-7-19/h3-7,10-12,15-17H,8-9,13-14,18H2,1-2H3. The van der Waals surface area contributed by atoms with Crippen LogP contribution in [0, 0.1) is 0 Å². The number of hydrogen-bond donors (Lipinski definition) is 0. The molecular formula is C26H27N3O. The first kappa shape index (κ1) is 18.9. The van der Waals surface area contributed by atoms with Crippen LogP contribution in [0.25, 0.3) is 16.6 Å². The molecule has 0 aliphatic carbocycles. The molecule has 4 aromatic rings. The van der Waals surface area contributed by atoms with E-state index in [0.717, 1.165) is 43.6 Å². The smallest absolute Gasteiger partial charge is 0.255 e. The van der Waals surface area contributed by atoms with Crippen LogP contribution in [0.3, 0.4) is 0 Å². The van der Waals surface area contributed by atoms with Crippen LogP contribution in [0.2, 0.25) is 0 Å². The number of nitrogens with zero attached hydrogens (tertiary/aromatic N) is 3. The average molecular weight is 398 g/mol. The van der Waals surface area contributed by atoms with Gasteiger partial charge >= 0.3 is 0 Å². The third kappa shape index (κ3) is 3.37. The largest absolute Gasteiger partial charge is 0.346 e. The molecule has 2 aromatic carbocycles. The fraction of sp³-hybridized carbons (Fsp3) is 0.269. The molecule has 0 atom stereocenters. The highest BCUT2D eigenvalue weighted by molar-refractivity contribution is 5.87. The third-order valence-electron chi connectivity index (χ3n) is 6.39. The van der Waals surface area contributed by atoms with Gasteiger partial charge in [-0.3, -0.25) is 9.36 Å². The zero-order valence-corrected chi connectivity index (χ0v) is 17.6. The van der Waals surface area contributed by atoms with E-state index in [1.807, 2.05) is 12.3 Å². The molecule has 30 heavy (non-hydrogen) atoms. The van der Waals surface area contributed by atoms with Gasteiger partial charge in [0.05, 0.1) is 11.2 Å². The molecule has 0 saturated heterocycles. The minimum atomic E-state index is 0.0265. The van der Waals surface area contributed by atoms with Gasteiger partial charge in [0, 0.05) is 43.5 Å². The third-order valence-corrected chi connectivity index (χ3v) is 6.39. The van der Waals surface area contributed by atoms with E-state index in [-0.39, 0.29) is 5.56 Å². The summed E-state index contributed by atoms with van der Waals surface area (Å²) in [6.45, 7) is 2.07. The monoisotopic (exact) mass is 397 g/mol. The highest BCUT2D eigenvalue weighted by Gasteiger charge is 2.21. The molecule has 3 heterocycles. The van der Waals surface area contributed by atoms with Crippen molar-refractivity contribution in [3.63, 3.8) is 0 Å². The first-order chi connectivity index (χ1) is 14.6. The zero-order chi connectivity index (χ0) is 20.7. The highest BCUT2D eigenvalue weighted by atomic mass is 16.1. The molecule has 4 nitrogen and oxygen atoms in total. The summed E-state index contributed by atoms with van der Waals surface area (Å²) in [5.41, 5.74) is 7.38. The molecule has 1 aliphatic rings. The van der Waals surface area contributed by atoms with E-state index in [1.54, 1.807) is 10.6 Å². The number of fused-ring (bicyclic) bond motifs is 3. The van der Waals surface area contributed by atoms with E-state index in [2.05, 4.69) is 72.1 Å². The van der Waals surface area contributed by atoms with Gasteiger partial charge in [0.15, 0.2) is 0 Å². The molecule has 1 aliphatic heterocycles. The van der Waals surface area contributed by atoms with E-state index >= 15 is 0 Å². The van der Waals surface area contributed by atoms with Crippen molar-refractivity contribution >= 4 is 10.9 Å². The van der Waals surface area contributed by atoms with E-state index in [4.69, 9.17) is 0 Å². The zero-order valence-electron chi connectivity index (χ0n) is 17.6. The molecule has 0 saturated carbocycles. The Bertz CT molecular complexity index is 1270. The molecule has 4 heteroatoms. The Kier molecular flexibility index (Phi) is 4.80. The Balaban J connectivity index is 1.45. The number of aromatic nitrogens is 2. The summed E-state index contributed by atoms with van der Waals surface area (Å²) in [5.74, 6) is 0. The van der Waals surface area contributed by atoms with Gasteiger partial charge < -0.3 is 9.47 Å². The van der Waals surface area contributed by atoms with E-state index in [9.17, 15) is 4.79 Å². The first-order valence-corrected chi connectivity index (χ1v) is 10.6. The molecule has 0 N–H and O–H groups in total. The molecule has 0 amide bonds. The fourth-order valence-electron chi connectivity index (χ4n) is 4.65. The van der Waals surface area contributed by atoms with E-state index in [1.165, 1.54) is 27.7 Å². The minimum Gasteiger partial charge on any atom is -0.346 e. The van der Waals surface area contributed by atoms with Crippen molar-refractivity contribution < 1.29 is 0 Å². The number of rotatable bonds is 4. The normalized spacial score (nSPS) is 14.2. The van der Waals surface area contributed by atoms with Gasteiger partial charge in [-0.2, -0.15) is 0 Å². The highest BCUT2D eigenvalue weighted by Crippen LogP contribution is 2.30. The van der Waals surface area contributed by atoms with Crippen molar-refractivity contribution in [2.24, 2.45) is 7.05 Å². The van der Waals surface area contributed by atoms with E-state index < -0.39 is 0 Å². The molecule has 5 rings (SSSR count). The topological polar surface area (TPSA) is 30.2 Å². The molecule has 0 spiro atoms. The van der Waals surface area contributed by atoms with Gasteiger partial charge in [-0.05, 0) is 61.2 Å². The maximum absolute atomic E-state index is 12.9. The first-order valence-electron chi connectivity index (χ1n) is 10.6. The molecule has 0 unspecified atom stereocenters. The second kappa shape index (κ2) is 7.62. The predicted molar refractivity (Wildman–Crippen MR) is 122 cm³/mol. The SMILES string of the molecule is CN1CCc2c(n(C)c3cc(-n4ccc(CCc5ccccc5)cc4=O)ccc23)C1. The van der Waals surface area contributed by atoms with Gasteiger partial charge in [-0.25, -0.2) is 0 Å². The number of hydrogen-bond acceptors (Lipinski definition) is 2. The van der Waals surface area contributed by atoms with Crippen LogP contribution in [-0.2, 0) is 32.9 Å². The number of pyridine rings is 1. The van der Waals surface area contributed by atoms with Crippen molar-refractivity contribution in [2.75, 3.05) is 13.6 Å². The second-order valence-electron chi connectivity index (χ2n) is 8.40. The minimum absolute atomic E-state index is 0.0265. The summed E-state index contributed by atoms with van der Waals surface area (Å²) in [6.07, 6.45) is 4.82. The maximum atomic E-state index is 12.9. The van der Waals surface area contributed by atoms with Crippen molar-refractivity contribution in [2.45, 2.75) is 25.8 Å². The van der Waals surface area contributed by atoms with Crippen LogP contribution in [0.5, 0.6) is 0 Å². The van der Waals surface area contributed by atoms with Gasteiger partial charge in [0.1, 0.15) is 0 Å². The van der Waals surface area contributed by atoms with Crippen molar-refractivity contribution in [1.29, 1.82) is 0 Å². The lowest BCUT2D eigenvalue weighted by molar-refractivity contribution is 0.305. The van der Waals surface area contributed by atoms with Gasteiger partial charge in [-0.1, -0.05) is 36.4 Å². The Labute approximate surface area is 177 Å². The second-order valence-corrected chi connectivity index (χ2v) is 8.40. The lowest BCUT2D eigenvalue weighted by Crippen LogP contribution is -2.27. The lowest BCUT2D eigenvalue weighted by atomic mass is 10.0. The summed E-state index contributed by atoms with van der Waals surface area (Å²) in [5, 5.41) is 1.32. The van der Waals surface area contributed by atoms with Crippen LogP contribution in [-0.4, -0.2) is 27.6 Å². The van der Waals surface area contributed by atoms with Crippen molar-refractivity contribution in [3.05, 3.63) is 99.6 Å². The van der Waals surface area contributed by atoms with Crippen LogP contribution >= 0.6 is 0 Å². The van der Waals surface area contributed by atoms with Crippen LogP contribution in [0.4, 0.5) is 0 Å². The molecule has 0 fully saturated rings. The Morgan fingerprint density at radius 1 is 0.900 bits per heavy atom. The number of likely N-dealkylation sites (N-methyl/N-ethyl adjacent to an activating group) is 1. The van der Waals surface area contributed by atoms with Crippen LogP contribution in [0.1, 0.15) is 22.4 Å². The van der Waals surface area contributed by atoms with Gasteiger partial charge in [-0.15, -0.1) is 0 Å². The van der Waals surface area contributed by atoms with Crippen LogP contribution < -0.4 is 5.56 Å². The lowest BCUT2D eigenvalue weighted by Gasteiger charge is -2.23. The van der Waals surface area contributed by atoms with Crippen LogP contribution in [0.15, 0.2) is 71.7 Å². The predicted octanol–water partition coefficient (Wildman–Crippen LogP) is 4.10. The molecular weight excluding hydrogens is 370 g/mol. The number of aryl methyl sites for hydroxylation is 3. The summed E-state index contributed by atoms with van der Waals surface area (Å²) in [7, 11) is 4.31. The molecule has 152 valence electrons. The van der Waals surface area contributed by atoms with E-state index in [0.29, 0.717) is 0 Å². The van der Waals surface area contributed by atoms with Crippen molar-refractivity contribution in [3.8, 4) is 5.69 Å². The summed E-state index contributed by atoms with van der Waals surface area (Å²) >= 11 is 0. The summed E-state index contributed by atoms with van der Waals surface area (Å²) in [4.78, 5) is 15.2. The Morgan fingerprint density at radius 3 is 2.50 bits per heavy atom. The van der Waals surface area contributed by atoms with Gasteiger partial charge in [0.25, 0.3) is 5.56 Å². The van der Waals surface area contributed by atoms with Gasteiger partial charge in [0.2, 0.25) is 0 Å². The fourth-order valence-corrected chi connectivity index (χ4v) is 4.65. The number of benzene rings is 2. The average Bonchev–Trinajstić information content (AvgIpc) is 3.04. The maximum Gasteiger partial charge on any atom is 0.255 e. The summed E-state index contributed by atoms with van der Waals surface area (Å²) in [6, 6.07) is 20.7. The summed E-state index contributed by atoms with van der Waals surface area (Å²) < 4.78 is 4.05. The Morgan fingerprint density at radius 2 is 1.70 bits per heavy atom. The molecule has 0 bridgehead atoms. The quantitative estimate of drug-likeness (QED) is 0.519.